The average molecular weight is 205 g/mol. The van der Waals surface area contributed by atoms with E-state index in [2.05, 4.69) is 51.2 Å². The fourth-order valence-corrected chi connectivity index (χ4v) is 2.08. The van der Waals surface area contributed by atoms with Gasteiger partial charge in [-0.2, -0.15) is 0 Å². The van der Waals surface area contributed by atoms with Crippen molar-refractivity contribution in [2.75, 3.05) is 7.05 Å². The largest absolute Gasteiger partial charge is 0.317 e. The Bertz CT molecular complexity index is 317. The lowest BCUT2D eigenvalue weighted by Gasteiger charge is -2.19. The first-order valence-corrected chi connectivity index (χ1v) is 5.79. The quantitative estimate of drug-likeness (QED) is 0.794. The molecule has 0 spiro atoms. The second kappa shape index (κ2) is 5.32. The van der Waals surface area contributed by atoms with Crippen LogP contribution in [0.4, 0.5) is 0 Å². The fraction of sp³-hybridized carbons (Fsp3) is 0.571. The van der Waals surface area contributed by atoms with E-state index in [0.29, 0.717) is 12.0 Å². The fourth-order valence-electron chi connectivity index (χ4n) is 2.08. The van der Waals surface area contributed by atoms with Gasteiger partial charge >= 0.3 is 0 Å². The minimum absolute atomic E-state index is 0.583. The van der Waals surface area contributed by atoms with Crippen molar-refractivity contribution in [3.63, 3.8) is 0 Å². The van der Waals surface area contributed by atoms with E-state index >= 15 is 0 Å². The Labute approximate surface area is 93.9 Å². The lowest BCUT2D eigenvalue weighted by Crippen LogP contribution is -2.23. The molecule has 1 aromatic carbocycles. The SMILES string of the molecule is CNC(C)CC(C)c1cccc(C)c1C. The molecule has 15 heavy (non-hydrogen) atoms. The minimum atomic E-state index is 0.583. The zero-order valence-electron chi connectivity index (χ0n) is 10.6. The first-order valence-electron chi connectivity index (χ1n) is 5.79. The molecule has 0 amide bonds. The lowest BCUT2D eigenvalue weighted by atomic mass is 9.89. The molecule has 0 saturated heterocycles. The molecule has 0 aliphatic rings. The molecule has 0 aliphatic carbocycles. The molecule has 0 radical (unpaired) electrons. The van der Waals surface area contributed by atoms with Crippen molar-refractivity contribution >= 4 is 0 Å². The summed E-state index contributed by atoms with van der Waals surface area (Å²) in [7, 11) is 2.03. The molecule has 1 N–H and O–H groups in total. The van der Waals surface area contributed by atoms with E-state index in [1.165, 1.54) is 23.1 Å². The first kappa shape index (κ1) is 12.3. The smallest absolute Gasteiger partial charge is 0.00414 e. The van der Waals surface area contributed by atoms with Gasteiger partial charge in [0.05, 0.1) is 0 Å². The summed E-state index contributed by atoms with van der Waals surface area (Å²) in [4.78, 5) is 0. The Morgan fingerprint density at radius 2 is 1.87 bits per heavy atom. The van der Waals surface area contributed by atoms with Crippen LogP contribution in [-0.2, 0) is 0 Å². The monoisotopic (exact) mass is 205 g/mol. The van der Waals surface area contributed by atoms with Gasteiger partial charge in [0.1, 0.15) is 0 Å². The van der Waals surface area contributed by atoms with Gasteiger partial charge in [-0.05, 0) is 56.8 Å². The van der Waals surface area contributed by atoms with E-state index in [-0.39, 0.29) is 0 Å². The molecular formula is C14H23N. The Morgan fingerprint density at radius 1 is 1.20 bits per heavy atom. The maximum absolute atomic E-state index is 3.30. The molecule has 0 aromatic heterocycles. The Morgan fingerprint density at radius 3 is 2.47 bits per heavy atom. The van der Waals surface area contributed by atoms with Crippen LogP contribution in [0.2, 0.25) is 0 Å². The third-order valence-corrected chi connectivity index (χ3v) is 3.38. The van der Waals surface area contributed by atoms with Gasteiger partial charge in [0.25, 0.3) is 0 Å². The molecule has 1 aromatic rings. The first-order chi connectivity index (χ1) is 7.06. The maximum atomic E-state index is 3.30. The average Bonchev–Trinajstić information content (AvgIpc) is 2.21. The summed E-state index contributed by atoms with van der Waals surface area (Å²) in [6, 6.07) is 7.19. The molecule has 0 saturated carbocycles. The van der Waals surface area contributed by atoms with Crippen LogP contribution in [0.5, 0.6) is 0 Å². The Kier molecular flexibility index (Phi) is 4.34. The Hall–Kier alpha value is -0.820. The molecule has 84 valence electrons. The van der Waals surface area contributed by atoms with Gasteiger partial charge in [0.15, 0.2) is 0 Å². The van der Waals surface area contributed by atoms with E-state index in [4.69, 9.17) is 0 Å². The zero-order valence-corrected chi connectivity index (χ0v) is 10.6. The standard InChI is InChI=1S/C14H23N/c1-10-7-6-8-14(13(10)4)11(2)9-12(3)15-5/h6-8,11-12,15H,9H2,1-5H3. The van der Waals surface area contributed by atoms with Crippen LogP contribution >= 0.6 is 0 Å². The molecule has 0 bridgehead atoms. The minimum Gasteiger partial charge on any atom is -0.317 e. The molecule has 0 fully saturated rings. The molecule has 0 heterocycles. The molecule has 0 aliphatic heterocycles. The van der Waals surface area contributed by atoms with Gasteiger partial charge in [-0.1, -0.05) is 25.1 Å². The van der Waals surface area contributed by atoms with Crippen molar-refractivity contribution in [2.24, 2.45) is 0 Å². The van der Waals surface area contributed by atoms with Crippen LogP contribution in [-0.4, -0.2) is 13.1 Å². The molecule has 1 nitrogen and oxygen atoms in total. The highest BCUT2D eigenvalue weighted by Crippen LogP contribution is 2.25. The highest BCUT2D eigenvalue weighted by atomic mass is 14.8. The van der Waals surface area contributed by atoms with Crippen LogP contribution in [0.3, 0.4) is 0 Å². The van der Waals surface area contributed by atoms with Gasteiger partial charge < -0.3 is 5.32 Å². The number of hydrogen-bond acceptors (Lipinski definition) is 1. The number of hydrogen-bond donors (Lipinski definition) is 1. The van der Waals surface area contributed by atoms with Gasteiger partial charge in [-0.25, -0.2) is 0 Å². The third-order valence-electron chi connectivity index (χ3n) is 3.38. The highest BCUT2D eigenvalue weighted by Gasteiger charge is 2.12. The lowest BCUT2D eigenvalue weighted by molar-refractivity contribution is 0.515. The molecular weight excluding hydrogens is 182 g/mol. The van der Waals surface area contributed by atoms with Crippen molar-refractivity contribution in [3.8, 4) is 0 Å². The predicted octanol–water partition coefficient (Wildman–Crippen LogP) is 3.40. The van der Waals surface area contributed by atoms with Crippen LogP contribution in [0.1, 0.15) is 42.9 Å². The molecule has 1 rings (SSSR count). The van der Waals surface area contributed by atoms with Crippen molar-refractivity contribution in [2.45, 2.75) is 46.1 Å². The van der Waals surface area contributed by atoms with Gasteiger partial charge in [-0.3, -0.25) is 0 Å². The zero-order chi connectivity index (χ0) is 11.4. The van der Waals surface area contributed by atoms with E-state index in [1.54, 1.807) is 0 Å². The van der Waals surface area contributed by atoms with Crippen molar-refractivity contribution in [1.82, 2.24) is 5.32 Å². The second-order valence-corrected chi connectivity index (χ2v) is 4.62. The summed E-state index contributed by atoms with van der Waals surface area (Å²) >= 11 is 0. The predicted molar refractivity (Wildman–Crippen MR) is 67.5 cm³/mol. The van der Waals surface area contributed by atoms with Crippen molar-refractivity contribution in [3.05, 3.63) is 34.9 Å². The van der Waals surface area contributed by atoms with Gasteiger partial charge in [-0.15, -0.1) is 0 Å². The molecule has 2 atom stereocenters. The molecule has 1 heteroatoms. The van der Waals surface area contributed by atoms with Crippen molar-refractivity contribution < 1.29 is 0 Å². The van der Waals surface area contributed by atoms with E-state index in [0.717, 1.165) is 0 Å². The summed E-state index contributed by atoms with van der Waals surface area (Å²) in [5, 5.41) is 3.30. The normalized spacial score (nSPS) is 15.0. The highest BCUT2D eigenvalue weighted by molar-refractivity contribution is 5.35. The Balaban J connectivity index is 2.82. The number of aryl methyl sites for hydroxylation is 1. The second-order valence-electron chi connectivity index (χ2n) is 4.62. The summed E-state index contributed by atoms with van der Waals surface area (Å²) < 4.78 is 0. The summed E-state index contributed by atoms with van der Waals surface area (Å²) in [5.41, 5.74) is 4.35. The van der Waals surface area contributed by atoms with E-state index in [1.807, 2.05) is 7.05 Å². The third kappa shape index (κ3) is 3.07. The molecule has 2 unspecified atom stereocenters. The summed E-state index contributed by atoms with van der Waals surface area (Å²) in [5.74, 6) is 0.632. The van der Waals surface area contributed by atoms with E-state index < -0.39 is 0 Å². The number of benzene rings is 1. The van der Waals surface area contributed by atoms with E-state index in [9.17, 15) is 0 Å². The summed E-state index contributed by atoms with van der Waals surface area (Å²) in [6.07, 6.45) is 1.20. The van der Waals surface area contributed by atoms with Gasteiger partial charge in [0, 0.05) is 6.04 Å². The topological polar surface area (TPSA) is 12.0 Å². The van der Waals surface area contributed by atoms with Crippen LogP contribution in [0, 0.1) is 13.8 Å². The van der Waals surface area contributed by atoms with Crippen LogP contribution < -0.4 is 5.32 Å². The number of nitrogens with one attached hydrogen (secondary N) is 1. The van der Waals surface area contributed by atoms with Crippen LogP contribution in [0.25, 0.3) is 0 Å². The maximum Gasteiger partial charge on any atom is 0.00414 e. The van der Waals surface area contributed by atoms with Crippen molar-refractivity contribution in [1.29, 1.82) is 0 Å². The summed E-state index contributed by atoms with van der Waals surface area (Å²) in [6.45, 7) is 8.97. The van der Waals surface area contributed by atoms with Crippen LogP contribution in [0.15, 0.2) is 18.2 Å². The van der Waals surface area contributed by atoms with Gasteiger partial charge in [0.2, 0.25) is 0 Å². The number of rotatable bonds is 4.